The summed E-state index contributed by atoms with van der Waals surface area (Å²) in [4.78, 5) is 29.2. The van der Waals surface area contributed by atoms with E-state index in [0.29, 0.717) is 29.9 Å². The number of carbonyl (C=O) groups excluding carboxylic acids is 1. The van der Waals surface area contributed by atoms with Crippen LogP contribution in [-0.4, -0.2) is 50.9 Å². The second-order valence-electron chi connectivity index (χ2n) is 7.63. The van der Waals surface area contributed by atoms with Crippen LogP contribution >= 0.6 is 23.2 Å². The molecule has 0 atom stereocenters. The lowest BCUT2D eigenvalue weighted by Gasteiger charge is -2.62. The van der Waals surface area contributed by atoms with E-state index in [2.05, 4.69) is 26.8 Å². The van der Waals surface area contributed by atoms with Gasteiger partial charge in [-0.1, -0.05) is 29.8 Å². The molecule has 1 spiro atoms. The summed E-state index contributed by atoms with van der Waals surface area (Å²) in [6, 6.07) is 6.71. The van der Waals surface area contributed by atoms with E-state index in [1.807, 2.05) is 17.0 Å². The van der Waals surface area contributed by atoms with Gasteiger partial charge in [-0.15, -0.1) is 0 Å². The summed E-state index contributed by atoms with van der Waals surface area (Å²) in [5.74, 6) is 0.384. The normalized spacial score (nSPS) is 16.7. The fourth-order valence-electron chi connectivity index (χ4n) is 4.10. The second kappa shape index (κ2) is 7.32. The summed E-state index contributed by atoms with van der Waals surface area (Å²) < 4.78 is 14.5. The maximum absolute atomic E-state index is 14.5. The van der Waals surface area contributed by atoms with Crippen LogP contribution in [0.1, 0.15) is 6.42 Å². The SMILES string of the molecule is C=CC(=O)N1CCC12CN(c1ccc3ncnc(Nc4ccc(Cl)c(Cl)c4F)c3n1)C2. The third-order valence-electron chi connectivity index (χ3n) is 5.86. The van der Waals surface area contributed by atoms with Crippen LogP contribution in [0.5, 0.6) is 0 Å². The zero-order valence-corrected chi connectivity index (χ0v) is 17.8. The van der Waals surface area contributed by atoms with Crippen molar-refractivity contribution in [3.63, 3.8) is 0 Å². The molecule has 0 unspecified atom stereocenters. The minimum absolute atomic E-state index is 0.0408. The van der Waals surface area contributed by atoms with Gasteiger partial charge in [0.2, 0.25) is 5.91 Å². The van der Waals surface area contributed by atoms with Crippen LogP contribution in [0.25, 0.3) is 11.0 Å². The third-order valence-corrected chi connectivity index (χ3v) is 6.65. The van der Waals surface area contributed by atoms with Gasteiger partial charge in [-0.2, -0.15) is 0 Å². The van der Waals surface area contributed by atoms with E-state index >= 15 is 0 Å². The molecule has 0 aliphatic carbocycles. The van der Waals surface area contributed by atoms with Crippen molar-refractivity contribution in [3.05, 3.63) is 59.1 Å². The van der Waals surface area contributed by atoms with Crippen molar-refractivity contribution < 1.29 is 9.18 Å². The third kappa shape index (κ3) is 3.18. The maximum Gasteiger partial charge on any atom is 0.246 e. The molecule has 2 aromatic heterocycles. The predicted molar refractivity (Wildman–Crippen MR) is 119 cm³/mol. The van der Waals surface area contributed by atoms with Gasteiger partial charge in [-0.05, 0) is 36.8 Å². The highest BCUT2D eigenvalue weighted by atomic mass is 35.5. The van der Waals surface area contributed by atoms with Crippen molar-refractivity contribution >= 4 is 57.5 Å². The molecule has 4 heterocycles. The number of aromatic nitrogens is 3. The molecule has 0 saturated carbocycles. The van der Waals surface area contributed by atoms with E-state index in [9.17, 15) is 9.18 Å². The quantitative estimate of drug-likeness (QED) is 0.466. The highest BCUT2D eigenvalue weighted by molar-refractivity contribution is 6.42. The first kappa shape index (κ1) is 20.0. The van der Waals surface area contributed by atoms with Crippen LogP contribution in [0.4, 0.5) is 21.7 Å². The number of halogens is 3. The van der Waals surface area contributed by atoms with E-state index in [1.54, 1.807) is 0 Å². The number of anilines is 3. The second-order valence-corrected chi connectivity index (χ2v) is 8.42. The van der Waals surface area contributed by atoms with Crippen LogP contribution in [0, 0.1) is 5.82 Å². The van der Waals surface area contributed by atoms with Gasteiger partial charge in [-0.25, -0.2) is 19.3 Å². The number of likely N-dealkylation sites (tertiary alicyclic amines) is 1. The fourth-order valence-corrected chi connectivity index (χ4v) is 4.41. The molecule has 0 radical (unpaired) electrons. The average Bonchev–Trinajstić information content (AvgIpc) is 2.72. The van der Waals surface area contributed by atoms with E-state index in [-0.39, 0.29) is 27.2 Å². The highest BCUT2D eigenvalue weighted by Crippen LogP contribution is 2.41. The Morgan fingerprint density at radius 1 is 1.23 bits per heavy atom. The molecule has 0 bridgehead atoms. The van der Waals surface area contributed by atoms with E-state index < -0.39 is 5.82 Å². The molecular weight excluding hydrogens is 442 g/mol. The van der Waals surface area contributed by atoms with Crippen LogP contribution < -0.4 is 10.2 Å². The van der Waals surface area contributed by atoms with E-state index in [1.165, 1.54) is 24.5 Å². The Balaban J connectivity index is 1.43. The number of carbonyl (C=O) groups is 1. The van der Waals surface area contributed by atoms with Gasteiger partial charge in [0, 0.05) is 19.6 Å². The minimum Gasteiger partial charge on any atom is -0.352 e. The molecule has 1 N–H and O–H groups in total. The fraction of sp³-hybridized carbons (Fsp3) is 0.238. The molecule has 2 fully saturated rings. The number of nitrogens with one attached hydrogen (secondary N) is 1. The molecule has 1 amide bonds. The van der Waals surface area contributed by atoms with Crippen molar-refractivity contribution in [1.82, 2.24) is 19.9 Å². The van der Waals surface area contributed by atoms with Crippen molar-refractivity contribution in [3.8, 4) is 0 Å². The number of rotatable bonds is 4. The zero-order chi connectivity index (χ0) is 21.8. The molecule has 2 aliphatic rings. The Hall–Kier alpha value is -2.97. The largest absolute Gasteiger partial charge is 0.352 e. The number of hydrogen-bond donors (Lipinski definition) is 1. The van der Waals surface area contributed by atoms with Gasteiger partial charge in [0.15, 0.2) is 11.6 Å². The van der Waals surface area contributed by atoms with Gasteiger partial charge in [-0.3, -0.25) is 4.79 Å². The molecule has 2 aliphatic heterocycles. The zero-order valence-electron chi connectivity index (χ0n) is 16.3. The molecule has 3 aromatic rings. The minimum atomic E-state index is -0.668. The number of amides is 1. The van der Waals surface area contributed by atoms with Crippen LogP contribution in [-0.2, 0) is 4.79 Å². The van der Waals surface area contributed by atoms with Crippen molar-refractivity contribution in [1.29, 1.82) is 0 Å². The van der Waals surface area contributed by atoms with Gasteiger partial charge >= 0.3 is 0 Å². The van der Waals surface area contributed by atoms with Crippen molar-refractivity contribution in [2.24, 2.45) is 0 Å². The Kier molecular flexibility index (Phi) is 4.71. The standard InChI is InChI=1S/C21H17Cl2FN6O/c1-2-16(31)30-8-7-21(30)9-29(10-21)15-6-5-14-19(28-15)20(26-11-25-14)27-13-4-3-12(22)17(23)18(13)24/h2-6,11H,1,7-10H2,(H,25,26,27). The predicted octanol–water partition coefficient (Wildman–Crippen LogP) is 4.19. The summed E-state index contributed by atoms with van der Waals surface area (Å²) in [6.45, 7) is 5.72. The van der Waals surface area contributed by atoms with Gasteiger partial charge < -0.3 is 15.1 Å². The average molecular weight is 459 g/mol. The van der Waals surface area contributed by atoms with E-state index in [0.717, 1.165) is 18.8 Å². The lowest BCUT2D eigenvalue weighted by Crippen LogP contribution is -2.78. The summed E-state index contributed by atoms with van der Waals surface area (Å²) in [5, 5.41) is 2.91. The first-order chi connectivity index (χ1) is 14.9. The summed E-state index contributed by atoms with van der Waals surface area (Å²) in [5.41, 5.74) is 1.11. The summed E-state index contributed by atoms with van der Waals surface area (Å²) >= 11 is 11.8. The smallest absolute Gasteiger partial charge is 0.246 e. The van der Waals surface area contributed by atoms with Gasteiger partial charge in [0.05, 0.1) is 26.8 Å². The Labute approximate surface area is 187 Å². The topological polar surface area (TPSA) is 74.2 Å². The number of nitrogens with zero attached hydrogens (tertiary/aromatic N) is 5. The van der Waals surface area contributed by atoms with Crippen molar-refractivity contribution in [2.75, 3.05) is 29.9 Å². The Morgan fingerprint density at radius 3 is 2.74 bits per heavy atom. The first-order valence-corrected chi connectivity index (χ1v) is 10.4. The number of fused-ring (bicyclic) bond motifs is 1. The van der Waals surface area contributed by atoms with Gasteiger partial charge in [0.1, 0.15) is 17.7 Å². The van der Waals surface area contributed by atoms with E-state index in [4.69, 9.17) is 28.2 Å². The summed E-state index contributed by atoms with van der Waals surface area (Å²) in [6.07, 6.45) is 3.70. The summed E-state index contributed by atoms with van der Waals surface area (Å²) in [7, 11) is 0. The molecule has 7 nitrogen and oxygen atoms in total. The maximum atomic E-state index is 14.5. The molecule has 158 valence electrons. The molecular formula is C21H17Cl2FN6O. The number of pyridine rings is 1. The monoisotopic (exact) mass is 458 g/mol. The Morgan fingerprint density at radius 2 is 2.03 bits per heavy atom. The molecule has 5 rings (SSSR count). The van der Waals surface area contributed by atoms with Crippen molar-refractivity contribution in [2.45, 2.75) is 12.0 Å². The lowest BCUT2D eigenvalue weighted by molar-refractivity contribution is -0.144. The highest BCUT2D eigenvalue weighted by Gasteiger charge is 2.55. The number of benzene rings is 1. The molecule has 2 saturated heterocycles. The first-order valence-electron chi connectivity index (χ1n) is 9.63. The molecule has 10 heteroatoms. The Bertz CT molecular complexity index is 1230. The molecule has 31 heavy (non-hydrogen) atoms. The van der Waals surface area contributed by atoms with Crippen LogP contribution in [0.3, 0.4) is 0 Å². The van der Waals surface area contributed by atoms with Crippen LogP contribution in [0.2, 0.25) is 10.0 Å². The lowest BCUT2D eigenvalue weighted by atomic mass is 9.77. The van der Waals surface area contributed by atoms with Crippen LogP contribution in [0.15, 0.2) is 43.2 Å². The number of hydrogen-bond acceptors (Lipinski definition) is 6. The van der Waals surface area contributed by atoms with Gasteiger partial charge in [0.25, 0.3) is 0 Å². The molecule has 1 aromatic carbocycles.